The molecular formula is C34H53NO2. The number of allylic oxidation sites excluding steroid dienone is 4. The summed E-state index contributed by atoms with van der Waals surface area (Å²) in [6, 6.07) is 0.169. The molecule has 3 aliphatic carbocycles. The van der Waals surface area contributed by atoms with Crippen molar-refractivity contribution in [3.63, 3.8) is 0 Å². The molecule has 0 amide bonds. The molecule has 3 rings (SSSR count). The third kappa shape index (κ3) is 6.84. The van der Waals surface area contributed by atoms with Gasteiger partial charge in [-0.2, -0.15) is 5.48 Å². The van der Waals surface area contributed by atoms with E-state index in [-0.39, 0.29) is 23.3 Å². The number of hydroxylamine groups is 1. The molecule has 6 unspecified atom stereocenters. The van der Waals surface area contributed by atoms with E-state index in [2.05, 4.69) is 66.4 Å². The van der Waals surface area contributed by atoms with Gasteiger partial charge in [0.15, 0.2) is 5.78 Å². The third-order valence-electron chi connectivity index (χ3n) is 9.56. The molecule has 0 radical (unpaired) electrons. The first-order chi connectivity index (χ1) is 17.3. The maximum absolute atomic E-state index is 12.8. The van der Waals surface area contributed by atoms with Crippen molar-refractivity contribution in [3.8, 4) is 0 Å². The van der Waals surface area contributed by atoms with Gasteiger partial charge in [0.1, 0.15) is 0 Å². The summed E-state index contributed by atoms with van der Waals surface area (Å²) in [4.78, 5) is 19.0. The Labute approximate surface area is 227 Å². The van der Waals surface area contributed by atoms with Crippen molar-refractivity contribution in [1.29, 1.82) is 0 Å². The van der Waals surface area contributed by atoms with Gasteiger partial charge in [-0.05, 0) is 106 Å². The minimum Gasteiger partial charge on any atom is -0.296 e. The average molecular weight is 508 g/mol. The maximum Gasteiger partial charge on any atom is 0.158 e. The molecule has 0 saturated heterocycles. The van der Waals surface area contributed by atoms with Gasteiger partial charge in [-0.25, -0.2) is 0 Å². The molecule has 0 aromatic rings. The Morgan fingerprint density at radius 3 is 2.32 bits per heavy atom. The predicted octanol–water partition coefficient (Wildman–Crippen LogP) is 8.56. The smallest absolute Gasteiger partial charge is 0.158 e. The summed E-state index contributed by atoms with van der Waals surface area (Å²) in [7, 11) is 0. The topological polar surface area (TPSA) is 38.3 Å². The van der Waals surface area contributed by atoms with E-state index < -0.39 is 0 Å². The summed E-state index contributed by atoms with van der Waals surface area (Å²) >= 11 is 0. The van der Waals surface area contributed by atoms with Crippen LogP contribution in [0.15, 0.2) is 61.8 Å². The van der Waals surface area contributed by atoms with E-state index in [1.807, 2.05) is 6.08 Å². The van der Waals surface area contributed by atoms with E-state index in [0.717, 1.165) is 12.8 Å². The number of Topliss-reactive ketones (excluding diaryl/α,β-unsaturated/α-hetero) is 1. The highest BCUT2D eigenvalue weighted by Crippen LogP contribution is 2.73. The predicted molar refractivity (Wildman–Crippen MR) is 157 cm³/mol. The quantitative estimate of drug-likeness (QED) is 0.137. The first kappa shape index (κ1) is 29.8. The number of fused-ring (bicyclic) bond motifs is 1. The third-order valence-corrected chi connectivity index (χ3v) is 9.56. The van der Waals surface area contributed by atoms with Crippen molar-refractivity contribution in [1.82, 2.24) is 5.48 Å². The Hall–Kier alpha value is -1.71. The molecule has 3 saturated carbocycles. The van der Waals surface area contributed by atoms with Crippen LogP contribution in [0.5, 0.6) is 0 Å². The molecule has 206 valence electrons. The SMILES string of the molecule is C=CCCC(=O)C(=C)C(CC=C)CC(=C)C1C(C(=C)C(NOC(C)(C)C)C2CCCC2)CC2C1C2(C)C. The van der Waals surface area contributed by atoms with Crippen molar-refractivity contribution in [2.45, 2.75) is 104 Å². The van der Waals surface area contributed by atoms with Crippen molar-refractivity contribution in [3.05, 3.63) is 61.8 Å². The lowest BCUT2D eigenvalue weighted by atomic mass is 9.71. The minimum absolute atomic E-state index is 0.0603. The minimum atomic E-state index is -0.254. The van der Waals surface area contributed by atoms with Crippen molar-refractivity contribution < 1.29 is 9.63 Å². The second kappa shape index (κ2) is 12.0. The van der Waals surface area contributed by atoms with Crippen LogP contribution >= 0.6 is 0 Å². The highest BCUT2D eigenvalue weighted by atomic mass is 16.7. The second-order valence-corrected chi connectivity index (χ2v) is 13.6. The standard InChI is InChI=1S/C34H53NO2/c1-11-13-19-29(36)23(4)26(16-12-2)20-22(3)30-27(21-28-31(30)34(28,9)10)24(5)32(25-17-14-15-18-25)35-37-33(6,7)8/h11-12,25-28,30-32,35H,1-5,13-21H2,6-10H3. The van der Waals surface area contributed by atoms with Gasteiger partial charge in [0, 0.05) is 6.42 Å². The zero-order valence-electron chi connectivity index (χ0n) is 24.4. The van der Waals surface area contributed by atoms with Crippen LogP contribution in [-0.4, -0.2) is 17.4 Å². The number of ketones is 1. The molecule has 0 heterocycles. The fourth-order valence-corrected chi connectivity index (χ4v) is 7.40. The molecule has 0 aliphatic heterocycles. The van der Waals surface area contributed by atoms with Crippen LogP contribution < -0.4 is 5.48 Å². The Morgan fingerprint density at radius 1 is 1.11 bits per heavy atom. The zero-order chi connectivity index (χ0) is 27.5. The zero-order valence-corrected chi connectivity index (χ0v) is 24.4. The fraction of sp³-hybridized carbons (Fsp3) is 0.676. The van der Waals surface area contributed by atoms with Crippen molar-refractivity contribution in [2.24, 2.45) is 40.9 Å². The normalized spacial score (nSPS) is 28.2. The van der Waals surface area contributed by atoms with Crippen LogP contribution in [0.1, 0.15) is 92.4 Å². The molecule has 0 aromatic carbocycles. The van der Waals surface area contributed by atoms with Crippen molar-refractivity contribution in [2.75, 3.05) is 0 Å². The van der Waals surface area contributed by atoms with Crippen LogP contribution in [-0.2, 0) is 9.63 Å². The van der Waals surface area contributed by atoms with E-state index in [9.17, 15) is 4.79 Å². The lowest BCUT2D eigenvalue weighted by molar-refractivity contribution is -0.116. The van der Waals surface area contributed by atoms with Gasteiger partial charge >= 0.3 is 0 Å². The van der Waals surface area contributed by atoms with Gasteiger partial charge in [0.05, 0.1) is 11.6 Å². The largest absolute Gasteiger partial charge is 0.296 e. The Bertz CT molecular complexity index is 897. The second-order valence-electron chi connectivity index (χ2n) is 13.6. The van der Waals surface area contributed by atoms with Gasteiger partial charge in [-0.3, -0.25) is 9.63 Å². The number of hydrogen-bond donors (Lipinski definition) is 1. The summed E-state index contributed by atoms with van der Waals surface area (Å²) in [5.41, 5.74) is 6.85. The molecular weight excluding hydrogens is 454 g/mol. The number of carbonyl (C=O) groups excluding carboxylic acids is 1. The molecule has 37 heavy (non-hydrogen) atoms. The summed E-state index contributed by atoms with van der Waals surface area (Å²) in [5, 5.41) is 0. The van der Waals surface area contributed by atoms with E-state index >= 15 is 0 Å². The van der Waals surface area contributed by atoms with Gasteiger partial charge in [0.2, 0.25) is 0 Å². The van der Waals surface area contributed by atoms with Crippen LogP contribution in [0.4, 0.5) is 0 Å². The van der Waals surface area contributed by atoms with Gasteiger partial charge in [0.25, 0.3) is 0 Å². The van der Waals surface area contributed by atoms with Crippen LogP contribution in [0.2, 0.25) is 0 Å². The number of carbonyl (C=O) groups is 1. The summed E-state index contributed by atoms with van der Waals surface area (Å²) in [5.74, 6) is 2.89. The van der Waals surface area contributed by atoms with Crippen LogP contribution in [0, 0.1) is 40.9 Å². The lowest BCUT2D eigenvalue weighted by Crippen LogP contribution is -2.43. The average Bonchev–Trinajstić information content (AvgIpc) is 3.27. The Morgan fingerprint density at radius 2 is 1.76 bits per heavy atom. The molecule has 3 nitrogen and oxygen atoms in total. The summed E-state index contributed by atoms with van der Waals surface area (Å²) in [6.45, 7) is 32.5. The molecule has 0 aromatic heterocycles. The Kier molecular flexibility index (Phi) is 9.67. The summed E-state index contributed by atoms with van der Waals surface area (Å²) < 4.78 is 0. The highest BCUT2D eigenvalue weighted by molar-refractivity contribution is 5.95. The van der Waals surface area contributed by atoms with E-state index in [1.54, 1.807) is 6.08 Å². The van der Waals surface area contributed by atoms with E-state index in [0.29, 0.717) is 53.4 Å². The number of rotatable bonds is 15. The molecule has 0 spiro atoms. The summed E-state index contributed by atoms with van der Waals surface area (Å²) in [6.07, 6.45) is 12.6. The molecule has 3 fully saturated rings. The molecule has 3 aliphatic rings. The lowest BCUT2D eigenvalue weighted by Gasteiger charge is -2.37. The molecule has 3 heteroatoms. The van der Waals surface area contributed by atoms with E-state index in [4.69, 9.17) is 11.4 Å². The Balaban J connectivity index is 1.81. The number of hydrogen-bond acceptors (Lipinski definition) is 3. The molecule has 1 N–H and O–H groups in total. The van der Waals surface area contributed by atoms with Gasteiger partial charge < -0.3 is 0 Å². The number of nitrogens with one attached hydrogen (secondary N) is 1. The first-order valence-electron chi connectivity index (χ1n) is 14.6. The van der Waals surface area contributed by atoms with Gasteiger partial charge in [-0.15, -0.1) is 13.2 Å². The monoisotopic (exact) mass is 507 g/mol. The van der Waals surface area contributed by atoms with Crippen molar-refractivity contribution >= 4 is 5.78 Å². The first-order valence-corrected chi connectivity index (χ1v) is 14.6. The highest BCUT2D eigenvalue weighted by Gasteiger charge is 2.67. The van der Waals surface area contributed by atoms with E-state index in [1.165, 1.54) is 43.3 Å². The van der Waals surface area contributed by atoms with Crippen LogP contribution in [0.3, 0.4) is 0 Å². The van der Waals surface area contributed by atoms with Crippen LogP contribution in [0.25, 0.3) is 0 Å². The fourth-order valence-electron chi connectivity index (χ4n) is 7.40. The molecule has 0 bridgehead atoms. The molecule has 6 atom stereocenters. The van der Waals surface area contributed by atoms with Gasteiger partial charge in [-0.1, -0.05) is 69.7 Å². The maximum atomic E-state index is 12.8.